The first-order valence-electron chi connectivity index (χ1n) is 7.55. The molecule has 1 aromatic heterocycles. The highest BCUT2D eigenvalue weighted by molar-refractivity contribution is 5.90. The second-order valence-corrected chi connectivity index (χ2v) is 5.21. The Kier molecular flexibility index (Phi) is 5.02. The van der Waals surface area contributed by atoms with Gasteiger partial charge < -0.3 is 15.4 Å². The summed E-state index contributed by atoms with van der Waals surface area (Å²) in [5.74, 6) is -1.30. The SMILES string of the molecule is COC(=O)c1cccc(Nc2nccc(Nc3ccc(F)cc3F)n2)c1. The van der Waals surface area contributed by atoms with E-state index in [0.29, 0.717) is 17.1 Å². The summed E-state index contributed by atoms with van der Waals surface area (Å²) in [5.41, 5.74) is 1.04. The van der Waals surface area contributed by atoms with Crippen LogP contribution in [0.25, 0.3) is 0 Å². The fourth-order valence-corrected chi connectivity index (χ4v) is 2.19. The standard InChI is InChI=1S/C18H14F2N4O2/c1-26-17(25)11-3-2-4-13(9-11)22-18-21-8-7-16(24-18)23-15-6-5-12(19)10-14(15)20/h2-10H,1H3,(H2,21,22,23,24). The van der Waals surface area contributed by atoms with Crippen molar-refractivity contribution in [3.63, 3.8) is 0 Å². The fraction of sp³-hybridized carbons (Fsp3) is 0.0556. The molecule has 0 aliphatic carbocycles. The number of methoxy groups -OCH3 is 1. The van der Waals surface area contributed by atoms with Crippen molar-refractivity contribution >= 4 is 29.1 Å². The highest BCUT2D eigenvalue weighted by Gasteiger charge is 2.08. The molecule has 0 saturated heterocycles. The van der Waals surface area contributed by atoms with Crippen LogP contribution in [0.2, 0.25) is 0 Å². The van der Waals surface area contributed by atoms with Crippen LogP contribution in [-0.2, 0) is 4.74 Å². The number of hydrogen-bond acceptors (Lipinski definition) is 6. The van der Waals surface area contributed by atoms with E-state index in [2.05, 4.69) is 25.3 Å². The van der Waals surface area contributed by atoms with E-state index in [1.54, 1.807) is 30.3 Å². The molecule has 8 heteroatoms. The van der Waals surface area contributed by atoms with Crippen molar-refractivity contribution in [3.8, 4) is 0 Å². The predicted octanol–water partition coefficient (Wildman–Crippen LogP) is 4.03. The number of ether oxygens (including phenoxy) is 1. The molecule has 26 heavy (non-hydrogen) atoms. The molecule has 0 unspecified atom stereocenters. The van der Waals surface area contributed by atoms with Crippen molar-refractivity contribution < 1.29 is 18.3 Å². The van der Waals surface area contributed by atoms with Crippen molar-refractivity contribution in [2.24, 2.45) is 0 Å². The minimum Gasteiger partial charge on any atom is -0.465 e. The third-order valence-electron chi connectivity index (χ3n) is 3.39. The lowest BCUT2D eigenvalue weighted by Crippen LogP contribution is -2.04. The van der Waals surface area contributed by atoms with E-state index < -0.39 is 17.6 Å². The Morgan fingerprint density at radius 1 is 1.08 bits per heavy atom. The third-order valence-corrected chi connectivity index (χ3v) is 3.39. The van der Waals surface area contributed by atoms with Crippen LogP contribution >= 0.6 is 0 Å². The van der Waals surface area contributed by atoms with Gasteiger partial charge in [0.05, 0.1) is 18.4 Å². The first kappa shape index (κ1) is 17.3. The molecule has 0 saturated carbocycles. The first-order valence-corrected chi connectivity index (χ1v) is 7.55. The van der Waals surface area contributed by atoms with E-state index in [-0.39, 0.29) is 11.6 Å². The largest absolute Gasteiger partial charge is 0.465 e. The molecule has 3 aromatic rings. The normalized spacial score (nSPS) is 10.3. The van der Waals surface area contributed by atoms with E-state index in [9.17, 15) is 13.6 Å². The molecule has 0 bridgehead atoms. The van der Waals surface area contributed by atoms with E-state index in [4.69, 9.17) is 0 Å². The summed E-state index contributed by atoms with van der Waals surface area (Å²) in [7, 11) is 1.30. The molecular formula is C18H14F2N4O2. The van der Waals surface area contributed by atoms with E-state index in [1.165, 1.54) is 19.4 Å². The number of rotatable bonds is 5. The number of carbonyl (C=O) groups excluding carboxylic acids is 1. The number of aromatic nitrogens is 2. The Hall–Kier alpha value is -3.55. The van der Waals surface area contributed by atoms with Gasteiger partial charge in [-0.2, -0.15) is 4.98 Å². The topological polar surface area (TPSA) is 76.1 Å². The molecule has 0 amide bonds. The number of benzene rings is 2. The lowest BCUT2D eigenvalue weighted by atomic mass is 10.2. The Bertz CT molecular complexity index is 950. The zero-order valence-corrected chi connectivity index (χ0v) is 13.7. The molecule has 0 fully saturated rings. The number of nitrogens with one attached hydrogen (secondary N) is 2. The van der Waals surface area contributed by atoms with Gasteiger partial charge in [-0.3, -0.25) is 0 Å². The zero-order chi connectivity index (χ0) is 18.5. The number of halogens is 2. The molecule has 132 valence electrons. The molecule has 2 aromatic carbocycles. The molecular weight excluding hydrogens is 342 g/mol. The van der Waals surface area contributed by atoms with Crippen molar-refractivity contribution in [3.05, 3.63) is 71.9 Å². The van der Waals surface area contributed by atoms with Crippen LogP contribution in [0.5, 0.6) is 0 Å². The molecule has 0 aliphatic rings. The molecule has 0 aliphatic heterocycles. The van der Waals surface area contributed by atoms with E-state index >= 15 is 0 Å². The average molecular weight is 356 g/mol. The van der Waals surface area contributed by atoms with Crippen LogP contribution in [0.3, 0.4) is 0 Å². The summed E-state index contributed by atoms with van der Waals surface area (Å²) in [6.07, 6.45) is 1.48. The summed E-state index contributed by atoms with van der Waals surface area (Å²) in [5, 5.41) is 5.71. The maximum atomic E-state index is 13.7. The van der Waals surface area contributed by atoms with Crippen molar-refractivity contribution in [1.29, 1.82) is 0 Å². The van der Waals surface area contributed by atoms with Gasteiger partial charge in [0.1, 0.15) is 17.5 Å². The predicted molar refractivity (Wildman–Crippen MR) is 92.7 cm³/mol. The van der Waals surface area contributed by atoms with Crippen LogP contribution in [0.15, 0.2) is 54.7 Å². The lowest BCUT2D eigenvalue weighted by molar-refractivity contribution is 0.0601. The second kappa shape index (κ2) is 7.56. The fourth-order valence-electron chi connectivity index (χ4n) is 2.19. The highest BCUT2D eigenvalue weighted by Crippen LogP contribution is 2.21. The maximum Gasteiger partial charge on any atom is 0.337 e. The number of nitrogens with zero attached hydrogens (tertiary/aromatic N) is 2. The van der Waals surface area contributed by atoms with Crippen LogP contribution in [-0.4, -0.2) is 23.0 Å². The minimum atomic E-state index is -0.732. The summed E-state index contributed by atoms with van der Waals surface area (Å²) in [6.45, 7) is 0. The Balaban J connectivity index is 1.78. The molecule has 0 spiro atoms. The summed E-state index contributed by atoms with van der Waals surface area (Å²) >= 11 is 0. The monoisotopic (exact) mass is 356 g/mol. The van der Waals surface area contributed by atoms with Crippen molar-refractivity contribution in [2.75, 3.05) is 17.7 Å². The van der Waals surface area contributed by atoms with Crippen LogP contribution in [0.1, 0.15) is 10.4 Å². The van der Waals surface area contributed by atoms with Crippen LogP contribution in [0, 0.1) is 11.6 Å². The molecule has 0 radical (unpaired) electrons. The van der Waals surface area contributed by atoms with Crippen LogP contribution < -0.4 is 10.6 Å². The maximum absolute atomic E-state index is 13.7. The molecule has 0 atom stereocenters. The van der Waals surface area contributed by atoms with Gasteiger partial charge in [-0.05, 0) is 36.4 Å². The van der Waals surface area contributed by atoms with Gasteiger partial charge in [-0.25, -0.2) is 18.6 Å². The first-order chi connectivity index (χ1) is 12.5. The number of anilines is 4. The van der Waals surface area contributed by atoms with Gasteiger partial charge in [0.25, 0.3) is 0 Å². The van der Waals surface area contributed by atoms with Crippen LogP contribution in [0.4, 0.5) is 31.9 Å². The summed E-state index contributed by atoms with van der Waals surface area (Å²) in [4.78, 5) is 19.9. The van der Waals surface area contributed by atoms with E-state index in [0.717, 1.165) is 12.1 Å². The number of carbonyl (C=O) groups is 1. The minimum absolute atomic E-state index is 0.0868. The van der Waals surface area contributed by atoms with Gasteiger partial charge in [-0.15, -0.1) is 0 Å². The summed E-state index contributed by atoms with van der Waals surface area (Å²) in [6, 6.07) is 11.4. The Morgan fingerprint density at radius 3 is 2.69 bits per heavy atom. The smallest absolute Gasteiger partial charge is 0.337 e. The molecule has 6 nitrogen and oxygen atoms in total. The third kappa shape index (κ3) is 4.10. The van der Waals surface area contributed by atoms with Crippen molar-refractivity contribution in [1.82, 2.24) is 9.97 Å². The van der Waals surface area contributed by atoms with E-state index in [1.807, 2.05) is 0 Å². The summed E-state index contributed by atoms with van der Waals surface area (Å²) < 4.78 is 31.4. The second-order valence-electron chi connectivity index (χ2n) is 5.21. The van der Waals surface area contributed by atoms with Gasteiger partial charge in [0.15, 0.2) is 0 Å². The number of esters is 1. The molecule has 1 heterocycles. The van der Waals surface area contributed by atoms with Crippen molar-refractivity contribution in [2.45, 2.75) is 0 Å². The Labute approximate surface area is 147 Å². The number of hydrogen-bond donors (Lipinski definition) is 2. The lowest BCUT2D eigenvalue weighted by Gasteiger charge is -2.09. The van der Waals surface area contributed by atoms with Gasteiger partial charge in [-0.1, -0.05) is 6.07 Å². The molecule has 2 N–H and O–H groups in total. The average Bonchev–Trinajstić information content (AvgIpc) is 2.64. The van der Waals surface area contributed by atoms with Gasteiger partial charge in [0, 0.05) is 18.0 Å². The zero-order valence-electron chi connectivity index (χ0n) is 13.7. The Morgan fingerprint density at radius 2 is 1.92 bits per heavy atom. The molecule has 3 rings (SSSR count). The highest BCUT2D eigenvalue weighted by atomic mass is 19.1. The van der Waals surface area contributed by atoms with Gasteiger partial charge in [0.2, 0.25) is 5.95 Å². The van der Waals surface area contributed by atoms with Gasteiger partial charge >= 0.3 is 5.97 Å². The quantitative estimate of drug-likeness (QED) is 0.672.